The van der Waals surface area contributed by atoms with E-state index in [2.05, 4.69) is 13.8 Å². The van der Waals surface area contributed by atoms with E-state index in [-0.39, 0.29) is 35.0 Å². The highest BCUT2D eigenvalue weighted by molar-refractivity contribution is 6.32. The zero-order chi connectivity index (χ0) is 25.0. The molecule has 2 aromatic rings. The fourth-order valence-corrected chi connectivity index (χ4v) is 4.66. The number of benzene rings is 1. The lowest BCUT2D eigenvalue weighted by molar-refractivity contribution is 0.0523. The Hall–Kier alpha value is -2.31. The Morgan fingerprint density at radius 3 is 2.50 bits per heavy atom. The van der Waals surface area contributed by atoms with E-state index in [0.717, 1.165) is 36.1 Å². The summed E-state index contributed by atoms with van der Waals surface area (Å²) in [5.41, 5.74) is 2.54. The first kappa shape index (κ1) is 26.3. The predicted octanol–water partition coefficient (Wildman–Crippen LogP) is 5.93. The molecule has 186 valence electrons. The Balaban J connectivity index is 0.00000158. The van der Waals surface area contributed by atoms with Crippen LogP contribution in [-0.2, 0) is 15.9 Å². The molecule has 4 rings (SSSR count). The molecule has 0 saturated heterocycles. The third-order valence-corrected chi connectivity index (χ3v) is 6.80. The Labute approximate surface area is 207 Å². The smallest absolute Gasteiger partial charge is 0.343 e. The van der Waals surface area contributed by atoms with Gasteiger partial charge in [-0.25, -0.2) is 4.79 Å². The first-order valence-electron chi connectivity index (χ1n) is 12.2. The molecule has 2 aliphatic rings. The zero-order valence-corrected chi connectivity index (χ0v) is 21.8. The summed E-state index contributed by atoms with van der Waals surface area (Å²) in [4.78, 5) is 25.0. The number of nitrogens with zero attached hydrogens (tertiary/aromatic N) is 1. The number of carbonyl (C=O) groups is 1. The van der Waals surface area contributed by atoms with E-state index in [1.54, 1.807) is 20.2 Å². The predicted molar refractivity (Wildman–Crippen MR) is 135 cm³/mol. The molecule has 0 amide bonds. The molecule has 2 heterocycles. The van der Waals surface area contributed by atoms with Crippen LogP contribution in [0.15, 0.2) is 29.2 Å². The third-order valence-electron chi connectivity index (χ3n) is 6.51. The van der Waals surface area contributed by atoms with Gasteiger partial charge in [-0.2, -0.15) is 0 Å². The van der Waals surface area contributed by atoms with Crippen LogP contribution in [0.5, 0.6) is 5.75 Å². The second-order valence-electron chi connectivity index (χ2n) is 9.24. The maximum atomic E-state index is 12.7. The maximum Gasteiger partial charge on any atom is 0.343 e. The molecular weight excluding hydrogens is 454 g/mol. The van der Waals surface area contributed by atoms with E-state index in [0.29, 0.717) is 24.0 Å². The average molecular weight is 490 g/mol. The minimum Gasteiger partial charge on any atom is -0.491 e. The number of fused-ring (bicyclic) bond motifs is 3. The normalized spacial score (nSPS) is 17.2. The summed E-state index contributed by atoms with van der Waals surface area (Å²) in [5, 5.41) is 0.508. The molecule has 1 atom stereocenters. The molecule has 0 N–H and O–H groups in total. The summed E-state index contributed by atoms with van der Waals surface area (Å²) < 4.78 is 18.6. The van der Waals surface area contributed by atoms with Crippen LogP contribution >= 0.6 is 11.6 Å². The molecule has 1 saturated carbocycles. The minimum atomic E-state index is -0.590. The maximum absolute atomic E-state index is 12.7. The van der Waals surface area contributed by atoms with Gasteiger partial charge in [0.1, 0.15) is 11.3 Å². The van der Waals surface area contributed by atoms with E-state index in [4.69, 9.17) is 25.8 Å². The summed E-state index contributed by atoms with van der Waals surface area (Å²) in [6.45, 7) is 11.5. The topological polar surface area (TPSA) is 66.8 Å². The average Bonchev–Trinajstić information content (AvgIpc) is 3.58. The fraction of sp³-hybridized carbons (Fsp3) is 0.556. The first-order valence-corrected chi connectivity index (χ1v) is 12.5. The van der Waals surface area contributed by atoms with Crippen LogP contribution in [0.3, 0.4) is 0 Å². The summed E-state index contributed by atoms with van der Waals surface area (Å²) in [5.74, 6) is 0.359. The zero-order valence-electron chi connectivity index (χ0n) is 21.1. The lowest BCUT2D eigenvalue weighted by Gasteiger charge is -2.33. The van der Waals surface area contributed by atoms with Gasteiger partial charge in [0.2, 0.25) is 0 Å². The molecule has 0 radical (unpaired) electrons. The summed E-state index contributed by atoms with van der Waals surface area (Å²) in [7, 11) is 1.71. The van der Waals surface area contributed by atoms with Crippen molar-refractivity contribution in [2.75, 3.05) is 26.9 Å². The monoisotopic (exact) mass is 489 g/mol. The Morgan fingerprint density at radius 1 is 1.21 bits per heavy atom. The van der Waals surface area contributed by atoms with E-state index in [9.17, 15) is 9.59 Å². The van der Waals surface area contributed by atoms with Crippen molar-refractivity contribution in [1.82, 2.24) is 4.57 Å². The van der Waals surface area contributed by atoms with Gasteiger partial charge >= 0.3 is 5.97 Å². The molecule has 1 aliphatic heterocycles. The standard InChI is InChI=1S/C25H30ClNO5.C2H6/c1-5-31-24(29)18-12-27-20(15(2)3)8-16-9-23(32-14-25(6-7-25)13-30-4)19(26)10-17(16)21(27)11-22(18)28;1-2/h9-12,15,20H,5-8,13-14H2,1-4H3;1-2H3. The minimum absolute atomic E-state index is 0.0589. The fourth-order valence-electron chi connectivity index (χ4n) is 4.44. The van der Waals surface area contributed by atoms with Crippen molar-refractivity contribution in [2.45, 2.75) is 59.9 Å². The van der Waals surface area contributed by atoms with E-state index < -0.39 is 5.97 Å². The molecule has 1 aliphatic carbocycles. The largest absolute Gasteiger partial charge is 0.491 e. The van der Waals surface area contributed by atoms with Gasteiger partial charge in [0, 0.05) is 36.4 Å². The number of hydrogen-bond acceptors (Lipinski definition) is 5. The molecule has 0 spiro atoms. The SMILES string of the molecule is CC.CCOC(=O)c1cn2c(cc1=O)-c1cc(Cl)c(OCC3(COC)CC3)cc1CC2C(C)C. The third kappa shape index (κ3) is 5.33. The van der Waals surface area contributed by atoms with Gasteiger partial charge in [-0.1, -0.05) is 39.3 Å². The van der Waals surface area contributed by atoms with Gasteiger partial charge in [-0.3, -0.25) is 4.79 Å². The molecule has 34 heavy (non-hydrogen) atoms. The number of halogens is 1. The van der Waals surface area contributed by atoms with Gasteiger partial charge in [-0.15, -0.1) is 0 Å². The van der Waals surface area contributed by atoms with Crippen LogP contribution < -0.4 is 10.2 Å². The van der Waals surface area contributed by atoms with Crippen molar-refractivity contribution in [3.63, 3.8) is 0 Å². The van der Waals surface area contributed by atoms with Gasteiger partial charge in [0.25, 0.3) is 0 Å². The molecule has 6 nitrogen and oxygen atoms in total. The number of ether oxygens (including phenoxy) is 3. The highest BCUT2D eigenvalue weighted by Gasteiger charge is 2.43. The summed E-state index contributed by atoms with van der Waals surface area (Å²) in [6.07, 6.45) is 4.58. The van der Waals surface area contributed by atoms with Gasteiger partial charge in [0.15, 0.2) is 5.43 Å². The van der Waals surface area contributed by atoms with E-state index in [1.807, 2.05) is 30.5 Å². The molecule has 1 fully saturated rings. The number of rotatable bonds is 8. The molecule has 0 bridgehead atoms. The Morgan fingerprint density at radius 2 is 1.91 bits per heavy atom. The summed E-state index contributed by atoms with van der Waals surface area (Å²) >= 11 is 6.60. The van der Waals surface area contributed by atoms with Crippen molar-refractivity contribution in [3.8, 4) is 17.0 Å². The van der Waals surface area contributed by atoms with Gasteiger partial charge in [-0.05, 0) is 49.8 Å². The molecule has 7 heteroatoms. The second kappa shape index (κ2) is 11.0. The highest BCUT2D eigenvalue weighted by Crippen LogP contribution is 2.47. The van der Waals surface area contributed by atoms with Crippen molar-refractivity contribution >= 4 is 17.6 Å². The molecule has 1 unspecified atom stereocenters. The van der Waals surface area contributed by atoms with Gasteiger partial charge in [0.05, 0.1) is 30.5 Å². The number of aromatic nitrogens is 1. The van der Waals surface area contributed by atoms with E-state index in [1.165, 1.54) is 6.07 Å². The number of methoxy groups -OCH3 is 1. The number of pyridine rings is 1. The van der Waals surface area contributed by atoms with Crippen molar-refractivity contribution < 1.29 is 19.0 Å². The van der Waals surface area contributed by atoms with E-state index >= 15 is 0 Å². The first-order chi connectivity index (χ1) is 16.3. The Kier molecular flexibility index (Phi) is 8.47. The summed E-state index contributed by atoms with van der Waals surface area (Å²) in [6, 6.07) is 5.48. The lowest BCUT2D eigenvalue weighted by Crippen LogP contribution is -2.28. The number of carbonyl (C=O) groups excluding carboxylic acids is 1. The number of esters is 1. The van der Waals surface area contributed by atoms with Crippen LogP contribution in [0, 0.1) is 11.3 Å². The molecular formula is C27H36ClNO5. The quantitative estimate of drug-likeness (QED) is 0.430. The van der Waals surface area contributed by atoms with Gasteiger partial charge < -0.3 is 18.8 Å². The molecule has 1 aromatic heterocycles. The van der Waals surface area contributed by atoms with Crippen LogP contribution in [0.25, 0.3) is 11.3 Å². The van der Waals surface area contributed by atoms with Crippen LogP contribution in [0.2, 0.25) is 5.02 Å². The van der Waals surface area contributed by atoms with Crippen LogP contribution in [0.4, 0.5) is 0 Å². The van der Waals surface area contributed by atoms with Crippen molar-refractivity contribution in [2.24, 2.45) is 11.3 Å². The second-order valence-corrected chi connectivity index (χ2v) is 9.65. The number of hydrogen-bond donors (Lipinski definition) is 0. The van der Waals surface area contributed by atoms with Crippen LogP contribution in [0.1, 0.15) is 69.4 Å². The van der Waals surface area contributed by atoms with Crippen molar-refractivity contribution in [1.29, 1.82) is 0 Å². The van der Waals surface area contributed by atoms with Crippen molar-refractivity contribution in [3.05, 3.63) is 50.8 Å². The highest BCUT2D eigenvalue weighted by atomic mass is 35.5. The molecule has 1 aromatic carbocycles. The Bertz CT molecular complexity index is 1090. The van der Waals surface area contributed by atoms with Crippen LogP contribution in [-0.4, -0.2) is 37.5 Å². The lowest BCUT2D eigenvalue weighted by atomic mass is 9.87.